The number of urea groups is 1. The normalized spacial score (nSPS) is 16.1. The van der Waals surface area contributed by atoms with Crippen molar-refractivity contribution in [2.24, 2.45) is 0 Å². The second-order valence-corrected chi connectivity index (χ2v) is 8.80. The van der Waals surface area contributed by atoms with Gasteiger partial charge in [0.05, 0.1) is 31.2 Å². The number of nitrogens with one attached hydrogen (secondary N) is 1. The van der Waals surface area contributed by atoms with Crippen molar-refractivity contribution >= 4 is 29.2 Å². The molecule has 2 heterocycles. The average Bonchev–Trinajstić information content (AvgIpc) is 3.67. The third-order valence-corrected chi connectivity index (χ3v) is 6.43. The van der Waals surface area contributed by atoms with Crippen molar-refractivity contribution in [3.63, 3.8) is 0 Å². The van der Waals surface area contributed by atoms with Crippen LogP contribution in [0.5, 0.6) is 11.5 Å². The number of carbonyl (C=O) groups excluding carboxylic acids is 3. The first-order chi connectivity index (χ1) is 18.1. The lowest BCUT2D eigenvalue weighted by Gasteiger charge is -2.22. The summed E-state index contributed by atoms with van der Waals surface area (Å²) in [5, 5.41) is 2.80. The van der Waals surface area contributed by atoms with Crippen LogP contribution in [-0.4, -0.2) is 46.7 Å². The molecule has 0 bridgehead atoms. The van der Waals surface area contributed by atoms with Gasteiger partial charge in [0.15, 0.2) is 0 Å². The van der Waals surface area contributed by atoms with Gasteiger partial charge in [0.1, 0.15) is 17.0 Å². The van der Waals surface area contributed by atoms with E-state index in [9.17, 15) is 27.6 Å². The number of aromatic nitrogens is 1. The number of amides is 4. The van der Waals surface area contributed by atoms with Gasteiger partial charge in [-0.2, -0.15) is 0 Å². The van der Waals surface area contributed by atoms with E-state index in [1.54, 1.807) is 30.3 Å². The molecule has 2 fully saturated rings. The summed E-state index contributed by atoms with van der Waals surface area (Å²) >= 11 is 0. The fraction of sp³-hybridized carbons (Fsp3) is 0.231. The van der Waals surface area contributed by atoms with Crippen molar-refractivity contribution in [2.45, 2.75) is 31.3 Å². The highest BCUT2D eigenvalue weighted by atomic mass is 19.4. The smallest absolute Gasteiger partial charge is 0.497 e. The topological polar surface area (TPSA) is 101 Å². The van der Waals surface area contributed by atoms with Crippen LogP contribution in [0.2, 0.25) is 0 Å². The van der Waals surface area contributed by atoms with Crippen LogP contribution >= 0.6 is 0 Å². The van der Waals surface area contributed by atoms with Crippen LogP contribution in [0.4, 0.5) is 29.3 Å². The number of rotatable bonds is 7. The number of hydrogen-bond donors (Lipinski definition) is 1. The van der Waals surface area contributed by atoms with E-state index in [4.69, 9.17) is 4.74 Å². The van der Waals surface area contributed by atoms with E-state index < -0.39 is 35.5 Å². The van der Waals surface area contributed by atoms with Crippen LogP contribution in [0.15, 0.2) is 67.0 Å². The number of imide groups is 1. The number of methoxy groups -OCH3 is 1. The number of hydrogen-bond acceptors (Lipinski definition) is 6. The van der Waals surface area contributed by atoms with Crippen molar-refractivity contribution in [1.82, 2.24) is 9.88 Å². The Morgan fingerprint density at radius 2 is 1.68 bits per heavy atom. The van der Waals surface area contributed by atoms with E-state index in [1.807, 2.05) is 0 Å². The number of benzene rings is 2. The lowest BCUT2D eigenvalue weighted by Crippen LogP contribution is -2.36. The largest absolute Gasteiger partial charge is 0.573 e. The minimum absolute atomic E-state index is 0.0110. The number of anilines is 2. The van der Waals surface area contributed by atoms with Gasteiger partial charge in [0, 0.05) is 11.8 Å². The third kappa shape index (κ3) is 4.72. The molecule has 2 aliphatic rings. The van der Waals surface area contributed by atoms with Crippen LogP contribution in [0, 0.1) is 0 Å². The van der Waals surface area contributed by atoms with E-state index in [1.165, 1.54) is 36.5 Å². The molecule has 1 saturated heterocycles. The monoisotopic (exact) mass is 526 g/mol. The Balaban J connectivity index is 1.36. The van der Waals surface area contributed by atoms with Gasteiger partial charge in [-0.3, -0.25) is 14.6 Å². The SMILES string of the molecule is COc1ccc(C(=O)Nc2cnccc2CN2C(=O)N(c3ccc(OC(F)(F)F)cc3)C(=O)C23CC3)cc1. The molecule has 1 saturated carbocycles. The van der Waals surface area contributed by atoms with Crippen molar-refractivity contribution in [3.8, 4) is 11.5 Å². The van der Waals surface area contributed by atoms with Crippen molar-refractivity contribution in [1.29, 1.82) is 0 Å². The fourth-order valence-corrected chi connectivity index (χ4v) is 4.34. The molecule has 0 unspecified atom stereocenters. The Morgan fingerprint density at radius 1 is 1.03 bits per heavy atom. The Kier molecular flexibility index (Phi) is 6.17. The first kappa shape index (κ1) is 25.1. The maximum absolute atomic E-state index is 13.4. The predicted octanol–water partition coefficient (Wildman–Crippen LogP) is 4.74. The maximum Gasteiger partial charge on any atom is 0.573 e. The third-order valence-electron chi connectivity index (χ3n) is 6.43. The number of nitrogens with zero attached hydrogens (tertiary/aromatic N) is 3. The highest BCUT2D eigenvalue weighted by molar-refractivity contribution is 6.24. The molecule has 1 aliphatic heterocycles. The molecule has 9 nitrogen and oxygen atoms in total. The number of pyridine rings is 1. The van der Waals surface area contributed by atoms with Gasteiger partial charge >= 0.3 is 12.4 Å². The lowest BCUT2D eigenvalue weighted by atomic mass is 10.1. The Labute approximate surface area is 214 Å². The Hall–Kier alpha value is -4.61. The van der Waals surface area contributed by atoms with Gasteiger partial charge < -0.3 is 19.7 Å². The van der Waals surface area contributed by atoms with Crippen molar-refractivity contribution in [3.05, 3.63) is 78.1 Å². The lowest BCUT2D eigenvalue weighted by molar-refractivity contribution is -0.274. The quantitative estimate of drug-likeness (QED) is 0.447. The van der Waals surface area contributed by atoms with Gasteiger partial charge in [0.25, 0.3) is 11.8 Å². The molecular weight excluding hydrogens is 505 g/mol. The summed E-state index contributed by atoms with van der Waals surface area (Å²) in [5.41, 5.74) is 0.405. The zero-order valence-electron chi connectivity index (χ0n) is 20.0. The average molecular weight is 526 g/mol. The molecule has 196 valence electrons. The van der Waals surface area contributed by atoms with Crippen LogP contribution in [0.3, 0.4) is 0 Å². The summed E-state index contributed by atoms with van der Waals surface area (Å²) in [5.74, 6) is -0.713. The van der Waals surface area contributed by atoms with Crippen LogP contribution in [0.1, 0.15) is 28.8 Å². The van der Waals surface area contributed by atoms with Gasteiger partial charge in [0.2, 0.25) is 0 Å². The first-order valence-corrected chi connectivity index (χ1v) is 11.5. The summed E-state index contributed by atoms with van der Waals surface area (Å²) in [6.45, 7) is 0.0110. The molecule has 4 amide bonds. The number of halogens is 3. The molecule has 1 spiro atoms. The minimum Gasteiger partial charge on any atom is -0.497 e. The van der Waals surface area contributed by atoms with Gasteiger partial charge in [-0.25, -0.2) is 9.69 Å². The molecule has 2 aromatic carbocycles. The van der Waals surface area contributed by atoms with Crippen LogP contribution < -0.4 is 19.7 Å². The van der Waals surface area contributed by atoms with E-state index in [2.05, 4.69) is 15.0 Å². The number of alkyl halides is 3. The summed E-state index contributed by atoms with van der Waals surface area (Å²) < 4.78 is 46.5. The molecule has 1 aromatic heterocycles. The van der Waals surface area contributed by atoms with E-state index in [-0.39, 0.29) is 12.2 Å². The van der Waals surface area contributed by atoms with Gasteiger partial charge in [-0.15, -0.1) is 13.2 Å². The summed E-state index contributed by atoms with van der Waals surface area (Å²) in [6.07, 6.45) is -1.00. The first-order valence-electron chi connectivity index (χ1n) is 11.5. The second kappa shape index (κ2) is 9.36. The summed E-state index contributed by atoms with van der Waals surface area (Å²) in [6, 6.07) is 12.1. The molecule has 1 N–H and O–H groups in total. The number of carbonyl (C=O) groups is 3. The van der Waals surface area contributed by atoms with E-state index in [0.717, 1.165) is 17.0 Å². The molecule has 3 aromatic rings. The zero-order valence-corrected chi connectivity index (χ0v) is 20.0. The highest BCUT2D eigenvalue weighted by Gasteiger charge is 2.65. The minimum atomic E-state index is -4.86. The Morgan fingerprint density at radius 3 is 2.29 bits per heavy atom. The molecule has 0 radical (unpaired) electrons. The second-order valence-electron chi connectivity index (χ2n) is 8.80. The van der Waals surface area contributed by atoms with Crippen molar-refractivity contribution in [2.75, 3.05) is 17.3 Å². The predicted molar refractivity (Wildman–Crippen MR) is 129 cm³/mol. The molecular formula is C26H21F3N4O5. The highest BCUT2D eigenvalue weighted by Crippen LogP contribution is 2.50. The molecule has 12 heteroatoms. The molecule has 5 rings (SSSR count). The van der Waals surface area contributed by atoms with Crippen LogP contribution in [0.25, 0.3) is 0 Å². The summed E-state index contributed by atoms with van der Waals surface area (Å²) in [4.78, 5) is 45.9. The van der Waals surface area contributed by atoms with Gasteiger partial charge in [-0.1, -0.05) is 0 Å². The molecule has 1 aliphatic carbocycles. The standard InChI is InChI=1S/C26H21F3N4O5/c1-37-19-6-2-16(3-7-19)22(34)31-21-14-30-13-10-17(21)15-32-24(36)33(23(35)25(32)11-12-25)18-4-8-20(9-5-18)38-26(27,28)29/h2-10,13-14H,11-12,15H2,1H3,(H,31,34). The number of ether oxygens (including phenoxy) is 2. The van der Waals surface area contributed by atoms with Crippen LogP contribution in [-0.2, 0) is 11.3 Å². The van der Waals surface area contributed by atoms with Crippen molar-refractivity contribution < 1.29 is 37.0 Å². The molecule has 0 atom stereocenters. The van der Waals surface area contributed by atoms with E-state index >= 15 is 0 Å². The molecule has 38 heavy (non-hydrogen) atoms. The zero-order chi connectivity index (χ0) is 27.1. The maximum atomic E-state index is 13.4. The summed E-state index contributed by atoms with van der Waals surface area (Å²) in [7, 11) is 1.52. The van der Waals surface area contributed by atoms with E-state index in [0.29, 0.717) is 35.4 Å². The van der Waals surface area contributed by atoms with Gasteiger partial charge in [-0.05, 0) is 73.0 Å². The fourth-order valence-electron chi connectivity index (χ4n) is 4.34. The Bertz CT molecular complexity index is 1390.